The molecular formula is C25H21ClN2O5S. The molecule has 3 aromatic carbocycles. The molecule has 0 saturated carbocycles. The first-order valence-corrected chi connectivity index (χ1v) is 11.8. The largest absolute Gasteiger partial charge is 0.493 e. The molecule has 0 unspecified atom stereocenters. The second-order valence-electron chi connectivity index (χ2n) is 7.32. The van der Waals surface area contributed by atoms with Gasteiger partial charge in [0, 0.05) is 0 Å². The van der Waals surface area contributed by atoms with E-state index in [0.717, 1.165) is 11.1 Å². The Labute approximate surface area is 203 Å². The molecule has 0 fully saturated rings. The van der Waals surface area contributed by atoms with Crippen LogP contribution in [0.5, 0.6) is 11.5 Å². The Morgan fingerprint density at radius 1 is 1.06 bits per heavy atom. The first-order chi connectivity index (χ1) is 16.1. The molecule has 7 nitrogen and oxygen atoms in total. The summed E-state index contributed by atoms with van der Waals surface area (Å²) >= 11 is 6.15. The lowest BCUT2D eigenvalue weighted by Gasteiger charge is -2.12. The summed E-state index contributed by atoms with van der Waals surface area (Å²) in [4.78, 5) is 12.7. The third-order valence-corrected chi connectivity index (χ3v) is 6.40. The molecule has 0 spiro atoms. The number of ether oxygens (including phenoxy) is 1. The van der Waals surface area contributed by atoms with Crippen molar-refractivity contribution in [3.05, 3.63) is 87.9 Å². The van der Waals surface area contributed by atoms with Crippen LogP contribution in [0.3, 0.4) is 0 Å². The maximum absolute atomic E-state index is 12.7. The van der Waals surface area contributed by atoms with Gasteiger partial charge >= 0.3 is 10.1 Å². The molecule has 0 aromatic heterocycles. The van der Waals surface area contributed by atoms with E-state index in [1.165, 1.54) is 37.5 Å². The lowest BCUT2D eigenvalue weighted by molar-refractivity contribution is -0.112. The minimum absolute atomic E-state index is 0.0201. The molecule has 0 atom stereocenters. The Kier molecular flexibility index (Phi) is 7.61. The number of nitrogens with one attached hydrogen (secondary N) is 1. The van der Waals surface area contributed by atoms with Gasteiger partial charge in [-0.1, -0.05) is 47.5 Å². The third kappa shape index (κ3) is 5.76. The summed E-state index contributed by atoms with van der Waals surface area (Å²) in [5.74, 6) is -0.580. The van der Waals surface area contributed by atoms with Crippen molar-refractivity contribution in [1.29, 1.82) is 5.26 Å². The van der Waals surface area contributed by atoms with Gasteiger partial charge in [-0.25, -0.2) is 0 Å². The lowest BCUT2D eigenvalue weighted by Crippen LogP contribution is -2.14. The van der Waals surface area contributed by atoms with Crippen molar-refractivity contribution in [2.24, 2.45) is 0 Å². The molecule has 1 amide bonds. The Hall–Kier alpha value is -3.80. The van der Waals surface area contributed by atoms with Crippen LogP contribution in [-0.2, 0) is 14.9 Å². The van der Waals surface area contributed by atoms with E-state index in [-0.39, 0.29) is 22.0 Å². The van der Waals surface area contributed by atoms with Crippen molar-refractivity contribution in [3.63, 3.8) is 0 Å². The molecule has 0 bridgehead atoms. The van der Waals surface area contributed by atoms with Gasteiger partial charge in [-0.2, -0.15) is 13.7 Å². The normalized spacial score (nSPS) is 11.4. The molecule has 3 rings (SSSR count). The zero-order valence-corrected chi connectivity index (χ0v) is 20.2. The van der Waals surface area contributed by atoms with E-state index in [0.29, 0.717) is 16.3 Å². The molecular weight excluding hydrogens is 476 g/mol. The molecule has 0 radical (unpaired) electrons. The van der Waals surface area contributed by atoms with Crippen molar-refractivity contribution < 1.29 is 22.1 Å². The molecule has 9 heteroatoms. The predicted molar refractivity (Wildman–Crippen MR) is 130 cm³/mol. The standard InChI is InChI=1S/C25H21ClN2O5S/c1-16-7-10-20(11-8-16)34(30,31)33-23-14-18(9-12-22(23)32-3)13-19(15-27)25(29)28-24-17(2)5-4-6-21(24)26/h4-14H,1-3H3,(H,28,29)/b19-13+. The number of amides is 1. The number of benzene rings is 3. The molecule has 3 aromatic rings. The number of rotatable bonds is 7. The molecule has 0 aliphatic carbocycles. The first-order valence-electron chi connectivity index (χ1n) is 10.0. The fourth-order valence-electron chi connectivity index (χ4n) is 3.01. The van der Waals surface area contributed by atoms with Crippen molar-refractivity contribution in [3.8, 4) is 17.6 Å². The maximum Gasteiger partial charge on any atom is 0.339 e. The molecule has 0 saturated heterocycles. The Bertz CT molecular complexity index is 1390. The highest BCUT2D eigenvalue weighted by atomic mass is 35.5. The van der Waals surface area contributed by atoms with Crippen LogP contribution in [-0.4, -0.2) is 21.4 Å². The number of anilines is 1. The number of nitriles is 1. The average molecular weight is 497 g/mol. The van der Waals surface area contributed by atoms with Crippen LogP contribution in [0.4, 0.5) is 5.69 Å². The van der Waals surface area contributed by atoms with E-state index >= 15 is 0 Å². The highest BCUT2D eigenvalue weighted by molar-refractivity contribution is 7.87. The number of methoxy groups -OCH3 is 1. The van der Waals surface area contributed by atoms with Gasteiger partial charge in [-0.3, -0.25) is 4.79 Å². The number of hydrogen-bond acceptors (Lipinski definition) is 6. The van der Waals surface area contributed by atoms with Gasteiger partial charge in [0.15, 0.2) is 11.5 Å². The summed E-state index contributed by atoms with van der Waals surface area (Å²) in [5, 5.41) is 12.5. The summed E-state index contributed by atoms with van der Waals surface area (Å²) in [6.07, 6.45) is 1.31. The number of aryl methyl sites for hydroxylation is 2. The predicted octanol–water partition coefficient (Wildman–Crippen LogP) is 5.28. The second-order valence-corrected chi connectivity index (χ2v) is 9.27. The van der Waals surface area contributed by atoms with Crippen LogP contribution in [0, 0.1) is 25.2 Å². The number of para-hydroxylation sites is 1. The van der Waals surface area contributed by atoms with Crippen LogP contribution in [0.25, 0.3) is 6.08 Å². The fourth-order valence-corrected chi connectivity index (χ4v) is 4.21. The van der Waals surface area contributed by atoms with E-state index in [4.69, 9.17) is 20.5 Å². The fraction of sp³-hybridized carbons (Fsp3) is 0.120. The van der Waals surface area contributed by atoms with Gasteiger partial charge in [0.2, 0.25) is 0 Å². The number of carbonyl (C=O) groups is 1. The number of hydrogen-bond donors (Lipinski definition) is 1. The Balaban J connectivity index is 1.92. The molecule has 1 N–H and O–H groups in total. The van der Waals surface area contributed by atoms with Gasteiger partial charge in [-0.15, -0.1) is 0 Å². The van der Waals surface area contributed by atoms with Gasteiger partial charge in [0.25, 0.3) is 5.91 Å². The minimum atomic E-state index is -4.14. The second kappa shape index (κ2) is 10.4. The maximum atomic E-state index is 12.7. The summed E-state index contributed by atoms with van der Waals surface area (Å²) in [6.45, 7) is 3.62. The molecule has 0 aliphatic heterocycles. The van der Waals surface area contributed by atoms with Crippen LogP contribution in [0.15, 0.2) is 71.1 Å². The monoisotopic (exact) mass is 496 g/mol. The molecule has 0 heterocycles. The van der Waals surface area contributed by atoms with E-state index in [1.54, 1.807) is 43.3 Å². The quantitative estimate of drug-likeness (QED) is 0.271. The molecule has 174 valence electrons. The summed E-state index contributed by atoms with van der Waals surface area (Å²) < 4.78 is 36.0. The van der Waals surface area contributed by atoms with Crippen LogP contribution in [0.1, 0.15) is 16.7 Å². The van der Waals surface area contributed by atoms with Gasteiger partial charge in [0.1, 0.15) is 16.5 Å². The number of nitrogens with zero attached hydrogens (tertiary/aromatic N) is 1. The number of halogens is 1. The van der Waals surface area contributed by atoms with E-state index in [2.05, 4.69) is 5.32 Å². The van der Waals surface area contributed by atoms with E-state index < -0.39 is 16.0 Å². The third-order valence-electron chi connectivity index (χ3n) is 4.83. The molecule has 34 heavy (non-hydrogen) atoms. The van der Waals surface area contributed by atoms with E-state index in [9.17, 15) is 18.5 Å². The van der Waals surface area contributed by atoms with Crippen molar-refractivity contribution in [2.75, 3.05) is 12.4 Å². The minimum Gasteiger partial charge on any atom is -0.493 e. The van der Waals surface area contributed by atoms with Gasteiger partial charge in [-0.05, 0) is 61.4 Å². The van der Waals surface area contributed by atoms with Crippen LogP contribution in [0.2, 0.25) is 5.02 Å². The zero-order valence-electron chi connectivity index (χ0n) is 18.6. The van der Waals surface area contributed by atoms with Crippen LogP contribution >= 0.6 is 11.6 Å². The Morgan fingerprint density at radius 3 is 2.38 bits per heavy atom. The smallest absolute Gasteiger partial charge is 0.339 e. The number of carbonyl (C=O) groups excluding carboxylic acids is 1. The summed E-state index contributed by atoms with van der Waals surface area (Å²) in [7, 11) is -2.77. The SMILES string of the molecule is COc1ccc(/C=C(\C#N)C(=O)Nc2c(C)cccc2Cl)cc1OS(=O)(=O)c1ccc(C)cc1. The summed E-state index contributed by atoms with van der Waals surface area (Å²) in [5.41, 5.74) is 2.19. The summed E-state index contributed by atoms with van der Waals surface area (Å²) in [6, 6.07) is 17.6. The van der Waals surface area contributed by atoms with Crippen molar-refractivity contribution in [1.82, 2.24) is 0 Å². The highest BCUT2D eigenvalue weighted by Crippen LogP contribution is 2.32. The lowest BCUT2D eigenvalue weighted by atomic mass is 10.1. The average Bonchev–Trinajstić information content (AvgIpc) is 2.80. The zero-order chi connectivity index (χ0) is 24.9. The highest BCUT2D eigenvalue weighted by Gasteiger charge is 2.20. The first kappa shape index (κ1) is 24.8. The van der Waals surface area contributed by atoms with Crippen LogP contribution < -0.4 is 14.2 Å². The van der Waals surface area contributed by atoms with Gasteiger partial charge < -0.3 is 14.2 Å². The van der Waals surface area contributed by atoms with Crippen molar-refractivity contribution in [2.45, 2.75) is 18.7 Å². The van der Waals surface area contributed by atoms with E-state index in [1.807, 2.05) is 13.0 Å². The Morgan fingerprint density at radius 2 is 1.76 bits per heavy atom. The molecule has 0 aliphatic rings. The van der Waals surface area contributed by atoms with Gasteiger partial charge in [0.05, 0.1) is 17.8 Å². The topological polar surface area (TPSA) is 105 Å². The van der Waals surface area contributed by atoms with Crippen molar-refractivity contribution >= 4 is 39.4 Å².